The molecule has 1 rings (SSSR count). The monoisotopic (exact) mass is 205 g/mol. The van der Waals surface area contributed by atoms with Gasteiger partial charge in [-0.25, -0.2) is 4.39 Å². The van der Waals surface area contributed by atoms with E-state index in [0.717, 1.165) is 0 Å². The third-order valence-corrected chi connectivity index (χ3v) is 1.97. The Hall–Kier alpha value is -0.600. The van der Waals surface area contributed by atoms with Crippen molar-refractivity contribution in [1.29, 1.82) is 5.41 Å². The molecule has 1 aromatic rings. The molecule has 4 heteroatoms. The molecule has 0 amide bonds. The summed E-state index contributed by atoms with van der Waals surface area (Å²) in [6, 6.07) is 2.76. The Bertz CT molecular complexity index is 313. The molecule has 0 radical (unpaired) electrons. The smallest absolute Gasteiger partial charge is 0.160 e. The molecule has 0 aliphatic heterocycles. The summed E-state index contributed by atoms with van der Waals surface area (Å²) in [6.07, 6.45) is 0. The lowest BCUT2D eigenvalue weighted by Gasteiger charge is -2.01. The van der Waals surface area contributed by atoms with E-state index in [1.165, 1.54) is 12.1 Å². The minimum Gasteiger partial charge on any atom is -0.305 e. The highest BCUT2D eigenvalue weighted by Crippen LogP contribution is 2.24. The van der Waals surface area contributed by atoms with Gasteiger partial charge in [0.1, 0.15) is 0 Å². The zero-order valence-electron chi connectivity index (χ0n) is 6.29. The zero-order chi connectivity index (χ0) is 9.30. The van der Waals surface area contributed by atoms with Crippen molar-refractivity contribution in [2.45, 2.75) is 6.92 Å². The Kier molecular flexibility index (Phi) is 2.70. The van der Waals surface area contributed by atoms with Gasteiger partial charge >= 0.3 is 0 Å². The maximum Gasteiger partial charge on any atom is 0.160 e. The summed E-state index contributed by atoms with van der Waals surface area (Å²) in [4.78, 5) is 0. The lowest BCUT2D eigenvalue weighted by atomic mass is 10.1. The van der Waals surface area contributed by atoms with Crippen molar-refractivity contribution in [3.05, 3.63) is 33.6 Å². The third kappa shape index (κ3) is 1.76. The van der Waals surface area contributed by atoms with Gasteiger partial charge in [-0.1, -0.05) is 23.2 Å². The van der Waals surface area contributed by atoms with E-state index in [-0.39, 0.29) is 10.0 Å². The second kappa shape index (κ2) is 3.42. The highest BCUT2D eigenvalue weighted by molar-refractivity contribution is 6.35. The van der Waals surface area contributed by atoms with Crippen molar-refractivity contribution < 1.29 is 4.39 Å². The molecule has 0 aliphatic carbocycles. The van der Waals surface area contributed by atoms with Crippen LogP contribution >= 0.6 is 23.2 Å². The van der Waals surface area contributed by atoms with Crippen LogP contribution in [0.5, 0.6) is 0 Å². The number of benzene rings is 1. The average Bonchev–Trinajstić information content (AvgIpc) is 1.99. The van der Waals surface area contributed by atoms with E-state index in [9.17, 15) is 4.39 Å². The number of hydrogen-bond donors (Lipinski definition) is 1. The lowest BCUT2D eigenvalue weighted by Crippen LogP contribution is -1.93. The largest absolute Gasteiger partial charge is 0.305 e. The second-order valence-corrected chi connectivity index (χ2v) is 3.19. The first-order valence-corrected chi connectivity index (χ1v) is 3.98. The van der Waals surface area contributed by atoms with Gasteiger partial charge in [-0.15, -0.1) is 0 Å². The molecule has 1 aromatic carbocycles. The van der Waals surface area contributed by atoms with Crippen LogP contribution in [-0.2, 0) is 0 Å². The number of halogens is 3. The van der Waals surface area contributed by atoms with Crippen LogP contribution in [0.25, 0.3) is 0 Å². The van der Waals surface area contributed by atoms with Crippen LogP contribution < -0.4 is 0 Å². The summed E-state index contributed by atoms with van der Waals surface area (Å²) in [6.45, 7) is 1.58. The van der Waals surface area contributed by atoms with Crippen molar-refractivity contribution in [2.24, 2.45) is 0 Å². The molecule has 0 saturated carbocycles. The van der Waals surface area contributed by atoms with E-state index in [4.69, 9.17) is 28.6 Å². The molecule has 0 bridgehead atoms. The fourth-order valence-corrected chi connectivity index (χ4v) is 1.26. The minimum atomic E-state index is -0.636. The molecule has 0 aliphatic rings. The van der Waals surface area contributed by atoms with Crippen LogP contribution in [-0.4, -0.2) is 5.71 Å². The van der Waals surface area contributed by atoms with Crippen LogP contribution in [0.2, 0.25) is 10.0 Å². The standard InChI is InChI=1S/C8H6Cl2FN/c1-4(12)5-2-6(9)8(11)7(10)3-5/h2-3,12H,1H3. The van der Waals surface area contributed by atoms with Crippen LogP contribution in [0.3, 0.4) is 0 Å². The molecule has 0 fully saturated rings. The topological polar surface area (TPSA) is 23.9 Å². The maximum atomic E-state index is 12.8. The van der Waals surface area contributed by atoms with E-state index >= 15 is 0 Å². The van der Waals surface area contributed by atoms with Gasteiger partial charge < -0.3 is 5.41 Å². The number of nitrogens with one attached hydrogen (secondary N) is 1. The lowest BCUT2D eigenvalue weighted by molar-refractivity contribution is 0.628. The Balaban J connectivity index is 3.31. The van der Waals surface area contributed by atoms with E-state index in [1.807, 2.05) is 0 Å². The van der Waals surface area contributed by atoms with Crippen molar-refractivity contribution in [1.82, 2.24) is 0 Å². The molecule has 0 spiro atoms. The molecule has 1 N–H and O–H groups in total. The van der Waals surface area contributed by atoms with Gasteiger partial charge in [0.25, 0.3) is 0 Å². The molecule has 0 saturated heterocycles. The predicted octanol–water partition coefficient (Wildman–Crippen LogP) is 3.52. The first kappa shape index (κ1) is 9.49. The molecular weight excluding hydrogens is 200 g/mol. The van der Waals surface area contributed by atoms with Gasteiger partial charge in [0.2, 0.25) is 0 Å². The fraction of sp³-hybridized carbons (Fsp3) is 0.125. The van der Waals surface area contributed by atoms with Crippen LogP contribution in [0, 0.1) is 11.2 Å². The Morgan fingerprint density at radius 2 is 1.75 bits per heavy atom. The first-order valence-electron chi connectivity index (χ1n) is 3.22. The zero-order valence-corrected chi connectivity index (χ0v) is 7.80. The summed E-state index contributed by atoms with van der Waals surface area (Å²) in [5.74, 6) is -0.636. The van der Waals surface area contributed by atoms with Crippen LogP contribution in [0.4, 0.5) is 4.39 Å². The van der Waals surface area contributed by atoms with Crippen molar-refractivity contribution in [3.8, 4) is 0 Å². The van der Waals surface area contributed by atoms with Crippen LogP contribution in [0.15, 0.2) is 12.1 Å². The summed E-state index contributed by atoms with van der Waals surface area (Å²) >= 11 is 11.0. The number of rotatable bonds is 1. The van der Waals surface area contributed by atoms with Crippen molar-refractivity contribution in [2.75, 3.05) is 0 Å². The molecule has 0 aromatic heterocycles. The summed E-state index contributed by atoms with van der Waals surface area (Å²) in [5, 5.41) is 7.16. The van der Waals surface area contributed by atoms with Gasteiger partial charge in [0.05, 0.1) is 10.0 Å². The quantitative estimate of drug-likeness (QED) is 0.536. The second-order valence-electron chi connectivity index (χ2n) is 2.38. The molecule has 1 nitrogen and oxygen atoms in total. The Morgan fingerprint density at radius 1 is 1.33 bits per heavy atom. The van der Waals surface area contributed by atoms with E-state index in [0.29, 0.717) is 11.3 Å². The average molecular weight is 206 g/mol. The first-order chi connectivity index (χ1) is 5.52. The van der Waals surface area contributed by atoms with Gasteiger partial charge in [-0.3, -0.25) is 0 Å². The van der Waals surface area contributed by atoms with E-state index < -0.39 is 5.82 Å². The molecule has 12 heavy (non-hydrogen) atoms. The van der Waals surface area contributed by atoms with E-state index in [2.05, 4.69) is 0 Å². The van der Waals surface area contributed by atoms with Gasteiger partial charge in [0, 0.05) is 5.71 Å². The SMILES string of the molecule is CC(=N)c1cc(Cl)c(F)c(Cl)c1. The highest BCUT2D eigenvalue weighted by Gasteiger charge is 2.07. The van der Waals surface area contributed by atoms with Gasteiger partial charge in [-0.05, 0) is 24.6 Å². The summed E-state index contributed by atoms with van der Waals surface area (Å²) < 4.78 is 12.8. The van der Waals surface area contributed by atoms with Gasteiger partial charge in [-0.2, -0.15) is 0 Å². The fourth-order valence-electron chi connectivity index (χ4n) is 0.772. The minimum absolute atomic E-state index is 0.0518. The maximum absolute atomic E-state index is 12.8. The van der Waals surface area contributed by atoms with Crippen molar-refractivity contribution in [3.63, 3.8) is 0 Å². The van der Waals surface area contributed by atoms with E-state index in [1.54, 1.807) is 6.92 Å². The van der Waals surface area contributed by atoms with Gasteiger partial charge in [0.15, 0.2) is 5.82 Å². The Morgan fingerprint density at radius 3 is 2.08 bits per heavy atom. The molecule has 64 valence electrons. The normalized spacial score (nSPS) is 10.0. The third-order valence-electron chi connectivity index (χ3n) is 1.42. The molecule has 0 unspecified atom stereocenters. The molecule has 0 atom stereocenters. The summed E-state index contributed by atoms with van der Waals surface area (Å²) in [7, 11) is 0. The van der Waals surface area contributed by atoms with Crippen molar-refractivity contribution >= 4 is 28.9 Å². The predicted molar refractivity (Wildman–Crippen MR) is 48.9 cm³/mol. The highest BCUT2D eigenvalue weighted by atomic mass is 35.5. The Labute approximate surface area is 79.6 Å². The molecular formula is C8H6Cl2FN. The summed E-state index contributed by atoms with van der Waals surface area (Å²) in [5.41, 5.74) is 0.838. The van der Waals surface area contributed by atoms with Crippen LogP contribution in [0.1, 0.15) is 12.5 Å². The number of hydrogen-bond acceptors (Lipinski definition) is 1. The molecule has 0 heterocycles.